The van der Waals surface area contributed by atoms with Crippen molar-refractivity contribution in [3.8, 4) is 33.9 Å². The number of aromatic nitrogens is 7. The molecule has 0 aliphatic carbocycles. The lowest BCUT2D eigenvalue weighted by Gasteiger charge is -2.01. The Labute approximate surface area is 170 Å². The van der Waals surface area contributed by atoms with Crippen molar-refractivity contribution in [3.63, 3.8) is 0 Å². The van der Waals surface area contributed by atoms with Gasteiger partial charge < -0.3 is 4.98 Å². The Hall–Kier alpha value is -4.39. The van der Waals surface area contributed by atoms with Crippen LogP contribution in [0.25, 0.3) is 55.8 Å². The smallest absolute Gasteiger partial charge is 0.159 e. The van der Waals surface area contributed by atoms with Crippen LogP contribution in [0.15, 0.2) is 79.5 Å². The molecule has 7 heteroatoms. The van der Waals surface area contributed by atoms with E-state index in [4.69, 9.17) is 4.98 Å². The van der Waals surface area contributed by atoms with Gasteiger partial charge in [-0.2, -0.15) is 5.10 Å². The van der Waals surface area contributed by atoms with Crippen LogP contribution in [0.3, 0.4) is 0 Å². The van der Waals surface area contributed by atoms with Gasteiger partial charge in [-0.25, -0.2) is 4.98 Å². The van der Waals surface area contributed by atoms with Crippen LogP contribution in [-0.2, 0) is 0 Å². The molecule has 2 N–H and O–H groups in total. The summed E-state index contributed by atoms with van der Waals surface area (Å²) >= 11 is 0. The van der Waals surface area contributed by atoms with Gasteiger partial charge in [-0.15, -0.1) is 0 Å². The van der Waals surface area contributed by atoms with Crippen molar-refractivity contribution in [1.29, 1.82) is 0 Å². The zero-order valence-electron chi connectivity index (χ0n) is 15.7. The number of benzene rings is 1. The number of nitrogens with zero attached hydrogens (tertiary/aromatic N) is 5. The van der Waals surface area contributed by atoms with Gasteiger partial charge in [0.1, 0.15) is 5.69 Å². The molecule has 5 aromatic heterocycles. The molecule has 0 atom stereocenters. The highest BCUT2D eigenvalue weighted by atomic mass is 15.1. The Morgan fingerprint density at radius 3 is 2.33 bits per heavy atom. The zero-order chi connectivity index (χ0) is 19.9. The molecule has 142 valence electrons. The molecule has 0 aliphatic heterocycles. The lowest BCUT2D eigenvalue weighted by Crippen LogP contribution is -1.85. The summed E-state index contributed by atoms with van der Waals surface area (Å²) < 4.78 is 0. The summed E-state index contributed by atoms with van der Waals surface area (Å²) in [5, 5.41) is 8.54. The Kier molecular flexibility index (Phi) is 3.64. The molecule has 1 aromatic carbocycles. The molecule has 30 heavy (non-hydrogen) atoms. The van der Waals surface area contributed by atoms with Crippen molar-refractivity contribution in [2.24, 2.45) is 0 Å². The van der Waals surface area contributed by atoms with Crippen LogP contribution < -0.4 is 0 Å². The summed E-state index contributed by atoms with van der Waals surface area (Å²) in [6, 6.07) is 16.0. The number of imidazole rings is 1. The van der Waals surface area contributed by atoms with Gasteiger partial charge in [-0.1, -0.05) is 12.1 Å². The lowest BCUT2D eigenvalue weighted by atomic mass is 10.1. The van der Waals surface area contributed by atoms with Crippen LogP contribution in [0, 0.1) is 0 Å². The third-order valence-corrected chi connectivity index (χ3v) is 5.15. The predicted octanol–water partition coefficient (Wildman–Crippen LogP) is 4.63. The number of aromatic amines is 2. The summed E-state index contributed by atoms with van der Waals surface area (Å²) in [6.45, 7) is 0. The maximum absolute atomic E-state index is 4.90. The van der Waals surface area contributed by atoms with Crippen LogP contribution in [-0.4, -0.2) is 35.1 Å². The van der Waals surface area contributed by atoms with Crippen molar-refractivity contribution >= 4 is 21.9 Å². The highest BCUT2D eigenvalue weighted by Crippen LogP contribution is 2.32. The van der Waals surface area contributed by atoms with Crippen molar-refractivity contribution in [3.05, 3.63) is 79.5 Å². The molecule has 0 fully saturated rings. The largest absolute Gasteiger partial charge is 0.337 e. The standard InChI is InChI=1S/C23H15N7/c1-2-16(14-4-8-24-9-5-14)21-18(3-1)27-23(28-21)22-17-12-19(15-6-10-25-11-7-15)26-13-20(17)29-30-22/h1-13H,(H,27,28)(H,29,30). The molecule has 7 nitrogen and oxygen atoms in total. The number of hydrogen-bond donors (Lipinski definition) is 2. The number of fused-ring (bicyclic) bond motifs is 2. The van der Waals surface area contributed by atoms with E-state index >= 15 is 0 Å². The monoisotopic (exact) mass is 389 g/mol. The minimum Gasteiger partial charge on any atom is -0.337 e. The second-order valence-electron chi connectivity index (χ2n) is 6.95. The molecule has 6 aromatic rings. The van der Waals surface area contributed by atoms with Gasteiger partial charge in [0.2, 0.25) is 0 Å². The average Bonchev–Trinajstić information content (AvgIpc) is 3.43. The van der Waals surface area contributed by atoms with E-state index in [0.29, 0.717) is 5.82 Å². The maximum atomic E-state index is 4.90. The summed E-state index contributed by atoms with van der Waals surface area (Å²) in [6.07, 6.45) is 8.90. The first-order valence-electron chi connectivity index (χ1n) is 9.51. The molecule has 5 heterocycles. The molecule has 0 saturated heterocycles. The summed E-state index contributed by atoms with van der Waals surface area (Å²) in [5.74, 6) is 0.713. The Morgan fingerprint density at radius 1 is 0.767 bits per heavy atom. The molecular weight excluding hydrogens is 374 g/mol. The van der Waals surface area contributed by atoms with Gasteiger partial charge in [0, 0.05) is 41.3 Å². The number of rotatable bonds is 3. The van der Waals surface area contributed by atoms with E-state index in [2.05, 4.69) is 36.2 Å². The predicted molar refractivity (Wildman–Crippen MR) is 115 cm³/mol. The molecule has 0 aliphatic rings. The first-order valence-corrected chi connectivity index (χ1v) is 9.51. The third-order valence-electron chi connectivity index (χ3n) is 5.15. The van der Waals surface area contributed by atoms with Gasteiger partial charge in [-0.3, -0.25) is 20.1 Å². The molecule has 0 saturated carbocycles. The summed E-state index contributed by atoms with van der Waals surface area (Å²) in [7, 11) is 0. The van der Waals surface area contributed by atoms with Crippen molar-refractivity contribution in [2.75, 3.05) is 0 Å². The number of H-pyrrole nitrogens is 2. The number of para-hydroxylation sites is 1. The molecule has 0 spiro atoms. The van der Waals surface area contributed by atoms with Crippen LogP contribution >= 0.6 is 0 Å². The Balaban J connectivity index is 1.52. The first kappa shape index (κ1) is 16.6. The fraction of sp³-hybridized carbons (Fsp3) is 0. The maximum Gasteiger partial charge on any atom is 0.159 e. The minimum absolute atomic E-state index is 0.713. The van der Waals surface area contributed by atoms with Gasteiger partial charge in [0.25, 0.3) is 0 Å². The van der Waals surface area contributed by atoms with Gasteiger partial charge in [-0.05, 0) is 42.0 Å². The first-order chi connectivity index (χ1) is 14.9. The summed E-state index contributed by atoms with van der Waals surface area (Å²) in [4.78, 5) is 21.1. The molecule has 0 unspecified atom stereocenters. The van der Waals surface area contributed by atoms with Crippen molar-refractivity contribution in [2.45, 2.75) is 0 Å². The topological polar surface area (TPSA) is 96.0 Å². The normalized spacial score (nSPS) is 11.3. The average molecular weight is 389 g/mol. The van der Waals surface area contributed by atoms with E-state index in [9.17, 15) is 0 Å². The van der Waals surface area contributed by atoms with Crippen molar-refractivity contribution in [1.82, 2.24) is 35.1 Å². The zero-order valence-corrected chi connectivity index (χ0v) is 15.7. The highest BCUT2D eigenvalue weighted by Gasteiger charge is 2.16. The number of nitrogens with one attached hydrogen (secondary N) is 2. The summed E-state index contributed by atoms with van der Waals surface area (Å²) in [5.41, 5.74) is 7.47. The van der Waals surface area contributed by atoms with Crippen molar-refractivity contribution < 1.29 is 0 Å². The van der Waals surface area contributed by atoms with Gasteiger partial charge in [0.05, 0.1) is 28.4 Å². The second-order valence-corrected chi connectivity index (χ2v) is 6.95. The fourth-order valence-corrected chi connectivity index (χ4v) is 3.69. The fourth-order valence-electron chi connectivity index (χ4n) is 3.69. The van der Waals surface area contributed by atoms with E-state index in [1.54, 1.807) is 31.0 Å². The molecule has 0 bridgehead atoms. The van der Waals surface area contributed by atoms with Crippen LogP contribution in [0.4, 0.5) is 0 Å². The molecular formula is C23H15N7. The van der Waals surface area contributed by atoms with E-state index in [1.807, 2.05) is 42.5 Å². The van der Waals surface area contributed by atoms with Crippen LogP contribution in [0.5, 0.6) is 0 Å². The second kappa shape index (κ2) is 6.59. The van der Waals surface area contributed by atoms with Crippen LogP contribution in [0.1, 0.15) is 0 Å². The molecule has 6 rings (SSSR count). The molecule has 0 amide bonds. The van der Waals surface area contributed by atoms with Gasteiger partial charge >= 0.3 is 0 Å². The molecule has 0 radical (unpaired) electrons. The number of pyridine rings is 3. The number of hydrogen-bond acceptors (Lipinski definition) is 5. The lowest BCUT2D eigenvalue weighted by molar-refractivity contribution is 1.10. The Morgan fingerprint density at radius 2 is 1.53 bits per heavy atom. The third kappa shape index (κ3) is 2.64. The van der Waals surface area contributed by atoms with Crippen LogP contribution in [0.2, 0.25) is 0 Å². The van der Waals surface area contributed by atoms with E-state index in [0.717, 1.165) is 50.0 Å². The minimum atomic E-state index is 0.713. The van der Waals surface area contributed by atoms with E-state index in [-0.39, 0.29) is 0 Å². The van der Waals surface area contributed by atoms with Gasteiger partial charge in [0.15, 0.2) is 5.82 Å². The Bertz CT molecular complexity index is 1480. The highest BCUT2D eigenvalue weighted by molar-refractivity contribution is 5.97. The van der Waals surface area contributed by atoms with E-state index in [1.165, 1.54) is 0 Å². The quantitative estimate of drug-likeness (QED) is 0.460. The van der Waals surface area contributed by atoms with E-state index < -0.39 is 0 Å². The SMILES string of the molecule is c1cc(-c2ccncc2)c2nc(-c3n[nH]c4cnc(-c5ccncc5)cc34)[nH]c2c1.